The van der Waals surface area contributed by atoms with Crippen LogP contribution in [-0.2, 0) is 4.79 Å². The zero-order chi connectivity index (χ0) is 15.5. The number of hydrogen-bond donors (Lipinski definition) is 2. The molecule has 0 aromatic heterocycles. The summed E-state index contributed by atoms with van der Waals surface area (Å²) >= 11 is 0. The monoisotopic (exact) mass is 302 g/mol. The smallest absolute Gasteiger partial charge is 0.406 e. The summed E-state index contributed by atoms with van der Waals surface area (Å²) in [5.41, 5.74) is 0.224. The fourth-order valence-corrected chi connectivity index (χ4v) is 1.93. The first-order chi connectivity index (χ1) is 9.83. The van der Waals surface area contributed by atoms with Gasteiger partial charge in [0.2, 0.25) is 5.91 Å². The van der Waals surface area contributed by atoms with E-state index in [4.69, 9.17) is 0 Å². The molecule has 1 atom stereocenters. The normalized spacial score (nSPS) is 18.8. The minimum absolute atomic E-state index is 0.0610. The lowest BCUT2D eigenvalue weighted by molar-refractivity contribution is -0.274. The van der Waals surface area contributed by atoms with E-state index in [-0.39, 0.29) is 23.3 Å². The molecule has 8 heteroatoms. The molecule has 0 saturated carbocycles. The Balaban J connectivity index is 1.92. The van der Waals surface area contributed by atoms with E-state index < -0.39 is 12.3 Å². The van der Waals surface area contributed by atoms with E-state index in [1.54, 1.807) is 0 Å². The number of ether oxygens (including phenoxy) is 1. The highest BCUT2D eigenvalue weighted by Gasteiger charge is 2.31. The zero-order valence-corrected chi connectivity index (χ0v) is 10.9. The molecule has 1 aromatic rings. The van der Waals surface area contributed by atoms with E-state index >= 15 is 0 Å². The van der Waals surface area contributed by atoms with Crippen molar-refractivity contribution in [2.45, 2.75) is 25.2 Å². The first kappa shape index (κ1) is 15.1. The summed E-state index contributed by atoms with van der Waals surface area (Å²) < 4.78 is 39.7. The molecule has 114 valence electrons. The maximum Gasteiger partial charge on any atom is 0.573 e. The first-order valence-corrected chi connectivity index (χ1v) is 6.27. The van der Waals surface area contributed by atoms with Crippen LogP contribution in [0.15, 0.2) is 24.3 Å². The Morgan fingerprint density at radius 3 is 2.48 bits per heavy atom. The standard InChI is InChI=1S/C13H13F3N2O3/c14-13(15,16)21-10-4-1-8(2-5-10)12(20)18-9-3-6-11(19)17-7-9/h1-2,4-5,9H,3,6-7H2,(H,17,19)(H,18,20). The molecule has 1 fully saturated rings. The SMILES string of the molecule is O=C1CCC(NC(=O)c2ccc(OC(F)(F)F)cc2)CN1. The maximum atomic E-state index is 12.0. The van der Waals surface area contributed by atoms with E-state index in [1.807, 2.05) is 0 Å². The number of carbonyl (C=O) groups is 2. The Morgan fingerprint density at radius 1 is 1.29 bits per heavy atom. The molecule has 1 aromatic carbocycles. The van der Waals surface area contributed by atoms with Gasteiger partial charge in [-0.05, 0) is 30.7 Å². The summed E-state index contributed by atoms with van der Waals surface area (Å²) in [4.78, 5) is 22.9. The largest absolute Gasteiger partial charge is 0.573 e. The van der Waals surface area contributed by atoms with Gasteiger partial charge in [0, 0.05) is 24.6 Å². The lowest BCUT2D eigenvalue weighted by atomic mass is 10.1. The molecule has 0 spiro atoms. The van der Waals surface area contributed by atoms with E-state index in [0.717, 1.165) is 12.1 Å². The highest BCUT2D eigenvalue weighted by molar-refractivity contribution is 5.94. The average Bonchev–Trinajstić information content (AvgIpc) is 2.40. The summed E-state index contributed by atoms with van der Waals surface area (Å²) in [5.74, 6) is -0.854. The Morgan fingerprint density at radius 2 is 1.95 bits per heavy atom. The van der Waals surface area contributed by atoms with Gasteiger partial charge < -0.3 is 15.4 Å². The van der Waals surface area contributed by atoms with Crippen LogP contribution in [0.2, 0.25) is 0 Å². The van der Waals surface area contributed by atoms with E-state index in [9.17, 15) is 22.8 Å². The van der Waals surface area contributed by atoms with Crippen LogP contribution in [0.3, 0.4) is 0 Å². The lowest BCUT2D eigenvalue weighted by Crippen LogP contribution is -2.47. The Labute approximate surface area is 118 Å². The van der Waals surface area contributed by atoms with E-state index in [2.05, 4.69) is 15.4 Å². The third-order valence-electron chi connectivity index (χ3n) is 2.95. The predicted molar refractivity (Wildman–Crippen MR) is 66.6 cm³/mol. The van der Waals surface area contributed by atoms with Gasteiger partial charge in [-0.1, -0.05) is 0 Å². The van der Waals surface area contributed by atoms with Crippen molar-refractivity contribution in [2.75, 3.05) is 6.54 Å². The number of rotatable bonds is 3. The van der Waals surface area contributed by atoms with Gasteiger partial charge in [0.15, 0.2) is 0 Å². The van der Waals surface area contributed by atoms with Gasteiger partial charge in [-0.15, -0.1) is 13.2 Å². The molecular formula is C13H13F3N2O3. The first-order valence-electron chi connectivity index (χ1n) is 6.27. The summed E-state index contributed by atoms with van der Waals surface area (Å²) in [5, 5.41) is 5.33. The van der Waals surface area contributed by atoms with Gasteiger partial charge >= 0.3 is 6.36 Å². The second-order valence-corrected chi connectivity index (χ2v) is 4.59. The number of halogens is 3. The average molecular weight is 302 g/mol. The number of alkyl halides is 3. The summed E-state index contributed by atoms with van der Waals surface area (Å²) in [6, 6.07) is 4.47. The molecule has 1 unspecified atom stereocenters. The van der Waals surface area contributed by atoms with Gasteiger partial charge in [0.1, 0.15) is 5.75 Å². The highest BCUT2D eigenvalue weighted by Crippen LogP contribution is 2.22. The fraction of sp³-hybridized carbons (Fsp3) is 0.385. The van der Waals surface area contributed by atoms with Gasteiger partial charge in [0.05, 0.1) is 0 Å². The molecule has 1 heterocycles. The summed E-state index contributed by atoms with van der Waals surface area (Å²) in [6.07, 6.45) is -3.89. The predicted octanol–water partition coefficient (Wildman–Crippen LogP) is 1.59. The molecule has 0 radical (unpaired) electrons. The van der Waals surface area contributed by atoms with Crippen molar-refractivity contribution in [3.8, 4) is 5.75 Å². The number of hydrogen-bond acceptors (Lipinski definition) is 3. The molecule has 1 aliphatic rings. The van der Waals surface area contributed by atoms with Gasteiger partial charge in [0.25, 0.3) is 5.91 Å². The third-order valence-corrected chi connectivity index (χ3v) is 2.95. The molecule has 2 amide bonds. The number of benzene rings is 1. The molecule has 0 aliphatic carbocycles. The van der Waals surface area contributed by atoms with Crippen LogP contribution in [0.4, 0.5) is 13.2 Å². The van der Waals surface area contributed by atoms with Crippen LogP contribution in [-0.4, -0.2) is 30.8 Å². The number of nitrogens with one attached hydrogen (secondary N) is 2. The van der Waals surface area contributed by atoms with E-state index in [1.165, 1.54) is 12.1 Å². The van der Waals surface area contributed by atoms with Crippen molar-refractivity contribution in [3.63, 3.8) is 0 Å². The number of carbonyl (C=O) groups excluding carboxylic acids is 2. The quantitative estimate of drug-likeness (QED) is 0.891. The maximum absolute atomic E-state index is 12.0. The Bertz CT molecular complexity index is 518. The summed E-state index contributed by atoms with van der Waals surface area (Å²) in [6.45, 7) is 0.347. The highest BCUT2D eigenvalue weighted by atomic mass is 19.4. The Kier molecular flexibility index (Phi) is 4.35. The van der Waals surface area contributed by atoms with Gasteiger partial charge in [-0.25, -0.2) is 0 Å². The van der Waals surface area contributed by atoms with Crippen molar-refractivity contribution in [2.24, 2.45) is 0 Å². The van der Waals surface area contributed by atoms with Crippen molar-refractivity contribution in [3.05, 3.63) is 29.8 Å². The fourth-order valence-electron chi connectivity index (χ4n) is 1.93. The number of piperidine rings is 1. The topological polar surface area (TPSA) is 67.4 Å². The third kappa shape index (κ3) is 4.66. The van der Waals surface area contributed by atoms with Crippen molar-refractivity contribution in [1.29, 1.82) is 0 Å². The molecule has 1 aliphatic heterocycles. The van der Waals surface area contributed by atoms with Crippen LogP contribution in [0.1, 0.15) is 23.2 Å². The molecule has 5 nitrogen and oxygen atoms in total. The second kappa shape index (κ2) is 6.02. The molecule has 21 heavy (non-hydrogen) atoms. The summed E-state index contributed by atoms with van der Waals surface area (Å²) in [7, 11) is 0. The number of amides is 2. The molecular weight excluding hydrogens is 289 g/mol. The molecule has 2 rings (SSSR count). The van der Waals surface area contributed by atoms with Crippen LogP contribution in [0.5, 0.6) is 5.75 Å². The molecule has 2 N–H and O–H groups in total. The zero-order valence-electron chi connectivity index (χ0n) is 10.9. The van der Waals surface area contributed by atoms with Gasteiger partial charge in [-0.3, -0.25) is 9.59 Å². The van der Waals surface area contributed by atoms with Crippen LogP contribution < -0.4 is 15.4 Å². The van der Waals surface area contributed by atoms with Crippen LogP contribution in [0, 0.1) is 0 Å². The molecule has 0 bridgehead atoms. The minimum Gasteiger partial charge on any atom is -0.406 e. The van der Waals surface area contributed by atoms with Crippen molar-refractivity contribution >= 4 is 11.8 Å². The second-order valence-electron chi connectivity index (χ2n) is 4.59. The minimum atomic E-state index is -4.76. The lowest BCUT2D eigenvalue weighted by Gasteiger charge is -2.23. The molecule has 1 saturated heterocycles. The van der Waals surface area contributed by atoms with E-state index in [0.29, 0.717) is 19.4 Å². The van der Waals surface area contributed by atoms with Crippen molar-refractivity contribution < 1.29 is 27.5 Å². The van der Waals surface area contributed by atoms with Gasteiger partial charge in [-0.2, -0.15) is 0 Å². The Hall–Kier alpha value is -2.25. The van der Waals surface area contributed by atoms with Crippen molar-refractivity contribution in [1.82, 2.24) is 10.6 Å². The van der Waals surface area contributed by atoms with Crippen LogP contribution >= 0.6 is 0 Å². The van der Waals surface area contributed by atoms with Crippen LogP contribution in [0.25, 0.3) is 0 Å².